The molecule has 1 N–H and O–H groups in total. The van der Waals surface area contributed by atoms with Crippen LogP contribution in [-0.4, -0.2) is 23.1 Å². The van der Waals surface area contributed by atoms with E-state index in [1.807, 2.05) is 7.05 Å². The summed E-state index contributed by atoms with van der Waals surface area (Å²) in [6, 6.07) is 8.92. The number of hydrogen-bond acceptors (Lipinski definition) is 1. The molecular weight excluding hydrogens is 216 g/mol. The van der Waals surface area contributed by atoms with Gasteiger partial charge in [0.05, 0.1) is 0 Å². The van der Waals surface area contributed by atoms with Gasteiger partial charge < -0.3 is 10.2 Å². The molecule has 1 aromatic rings. The monoisotopic (exact) mass is 236 g/mol. The molecule has 0 heterocycles. The Morgan fingerprint density at radius 1 is 1.31 bits per heavy atom. The lowest BCUT2D eigenvalue weighted by atomic mass is 10.1. The van der Waals surface area contributed by atoms with Crippen molar-refractivity contribution in [2.75, 3.05) is 7.05 Å². The van der Waals surface area contributed by atoms with Gasteiger partial charge in [0.15, 0.2) is 5.11 Å². The van der Waals surface area contributed by atoms with Gasteiger partial charge in [0.2, 0.25) is 0 Å². The van der Waals surface area contributed by atoms with Gasteiger partial charge in [-0.15, -0.1) is 0 Å². The molecule has 0 saturated carbocycles. The van der Waals surface area contributed by atoms with Gasteiger partial charge in [-0.05, 0) is 38.6 Å². The van der Waals surface area contributed by atoms with Gasteiger partial charge in [-0.25, -0.2) is 0 Å². The Hall–Kier alpha value is -1.09. The maximum Gasteiger partial charge on any atom is 0.169 e. The van der Waals surface area contributed by atoms with Crippen LogP contribution in [0.4, 0.5) is 0 Å². The first-order chi connectivity index (χ1) is 7.49. The van der Waals surface area contributed by atoms with Crippen LogP contribution in [0.1, 0.15) is 25.0 Å². The molecule has 16 heavy (non-hydrogen) atoms. The predicted octanol–water partition coefficient (Wildman–Crippen LogP) is 2.71. The second-order valence-corrected chi connectivity index (χ2v) is 4.83. The van der Waals surface area contributed by atoms with E-state index in [0.29, 0.717) is 6.04 Å². The molecule has 88 valence electrons. The van der Waals surface area contributed by atoms with Crippen LogP contribution in [0.15, 0.2) is 24.3 Å². The van der Waals surface area contributed by atoms with E-state index in [1.54, 1.807) is 0 Å². The second-order valence-electron chi connectivity index (χ2n) is 4.45. The molecule has 0 radical (unpaired) electrons. The van der Waals surface area contributed by atoms with E-state index in [2.05, 4.69) is 55.3 Å². The molecule has 0 amide bonds. The van der Waals surface area contributed by atoms with E-state index < -0.39 is 0 Å². The third-order valence-corrected chi connectivity index (χ3v) is 2.73. The van der Waals surface area contributed by atoms with Gasteiger partial charge in [-0.3, -0.25) is 0 Å². The first kappa shape index (κ1) is 13.0. The summed E-state index contributed by atoms with van der Waals surface area (Å²) in [6.07, 6.45) is 0. The van der Waals surface area contributed by atoms with Gasteiger partial charge in [0, 0.05) is 19.6 Å². The van der Waals surface area contributed by atoms with Crippen LogP contribution < -0.4 is 5.32 Å². The average molecular weight is 236 g/mol. The minimum atomic E-state index is 0.382. The molecule has 0 aromatic heterocycles. The Morgan fingerprint density at radius 2 is 1.88 bits per heavy atom. The fraction of sp³-hybridized carbons (Fsp3) is 0.462. The second kappa shape index (κ2) is 5.85. The zero-order chi connectivity index (χ0) is 12.1. The van der Waals surface area contributed by atoms with Crippen LogP contribution in [0.5, 0.6) is 0 Å². The lowest BCUT2D eigenvalue weighted by Gasteiger charge is -2.22. The van der Waals surface area contributed by atoms with Gasteiger partial charge in [-0.2, -0.15) is 0 Å². The fourth-order valence-corrected chi connectivity index (χ4v) is 1.70. The summed E-state index contributed by atoms with van der Waals surface area (Å²) in [5.41, 5.74) is 2.57. The molecule has 0 saturated heterocycles. The molecule has 2 nitrogen and oxygen atoms in total. The van der Waals surface area contributed by atoms with Crippen LogP contribution in [0.25, 0.3) is 0 Å². The van der Waals surface area contributed by atoms with Gasteiger partial charge in [0.1, 0.15) is 0 Å². The Balaban J connectivity index is 2.53. The predicted molar refractivity (Wildman–Crippen MR) is 73.5 cm³/mol. The Bertz CT molecular complexity index is 343. The lowest BCUT2D eigenvalue weighted by Crippen LogP contribution is -2.40. The molecule has 0 spiro atoms. The highest BCUT2D eigenvalue weighted by Crippen LogP contribution is 2.06. The quantitative estimate of drug-likeness (QED) is 0.812. The molecule has 0 aliphatic rings. The first-order valence-electron chi connectivity index (χ1n) is 5.56. The number of aryl methyl sites for hydroxylation is 1. The highest BCUT2D eigenvalue weighted by atomic mass is 32.1. The number of rotatable bonds is 3. The molecular formula is C13H20N2S. The van der Waals surface area contributed by atoms with Gasteiger partial charge in [0.25, 0.3) is 0 Å². The average Bonchev–Trinajstić information content (AvgIpc) is 2.20. The van der Waals surface area contributed by atoms with Crippen molar-refractivity contribution in [2.45, 2.75) is 33.4 Å². The zero-order valence-electron chi connectivity index (χ0n) is 10.4. The summed E-state index contributed by atoms with van der Waals surface area (Å²) in [7, 11) is 2.01. The third kappa shape index (κ3) is 4.19. The zero-order valence-corrected chi connectivity index (χ0v) is 11.3. The maximum atomic E-state index is 5.29. The van der Waals surface area contributed by atoms with Crippen molar-refractivity contribution in [1.82, 2.24) is 10.2 Å². The minimum Gasteiger partial charge on any atom is -0.360 e. The standard InChI is InChI=1S/C13H20N2S/c1-10(2)14-13(16)15(4)9-12-7-5-11(3)6-8-12/h5-8,10H,9H2,1-4H3,(H,14,16). The normalized spacial score (nSPS) is 10.3. The summed E-state index contributed by atoms with van der Waals surface area (Å²) >= 11 is 5.29. The molecule has 0 fully saturated rings. The fourth-order valence-electron chi connectivity index (χ4n) is 1.40. The molecule has 1 rings (SSSR count). The molecule has 1 aromatic carbocycles. The summed E-state index contributed by atoms with van der Waals surface area (Å²) in [6.45, 7) is 7.12. The largest absolute Gasteiger partial charge is 0.360 e. The van der Waals surface area contributed by atoms with Crippen molar-refractivity contribution in [3.63, 3.8) is 0 Å². The Morgan fingerprint density at radius 3 is 2.38 bits per heavy atom. The third-order valence-electron chi connectivity index (χ3n) is 2.30. The van der Waals surface area contributed by atoms with Crippen LogP contribution >= 0.6 is 12.2 Å². The van der Waals surface area contributed by atoms with Crippen molar-refractivity contribution in [1.29, 1.82) is 0 Å². The Kier molecular flexibility index (Phi) is 4.74. The van der Waals surface area contributed by atoms with Gasteiger partial charge >= 0.3 is 0 Å². The summed E-state index contributed by atoms with van der Waals surface area (Å²) in [4.78, 5) is 2.06. The van der Waals surface area contributed by atoms with Gasteiger partial charge in [-0.1, -0.05) is 29.8 Å². The number of nitrogens with one attached hydrogen (secondary N) is 1. The maximum absolute atomic E-state index is 5.29. The van der Waals surface area contributed by atoms with Crippen LogP contribution in [-0.2, 0) is 6.54 Å². The van der Waals surface area contributed by atoms with Crippen molar-refractivity contribution in [3.05, 3.63) is 35.4 Å². The smallest absolute Gasteiger partial charge is 0.169 e. The van der Waals surface area contributed by atoms with Crippen molar-refractivity contribution >= 4 is 17.3 Å². The van der Waals surface area contributed by atoms with Crippen LogP contribution in [0.3, 0.4) is 0 Å². The summed E-state index contributed by atoms with van der Waals surface area (Å²) in [5.74, 6) is 0. The van der Waals surface area contributed by atoms with Crippen LogP contribution in [0, 0.1) is 6.92 Å². The summed E-state index contributed by atoms with van der Waals surface area (Å²) < 4.78 is 0. The van der Waals surface area contributed by atoms with E-state index in [9.17, 15) is 0 Å². The molecule has 0 bridgehead atoms. The minimum absolute atomic E-state index is 0.382. The number of nitrogens with zero attached hydrogens (tertiary/aromatic N) is 1. The molecule has 0 aliphatic heterocycles. The SMILES string of the molecule is Cc1ccc(CN(C)C(=S)NC(C)C)cc1. The van der Waals surface area contributed by atoms with Crippen molar-refractivity contribution < 1.29 is 0 Å². The molecule has 3 heteroatoms. The number of hydrogen-bond donors (Lipinski definition) is 1. The van der Waals surface area contributed by atoms with Crippen molar-refractivity contribution in [2.24, 2.45) is 0 Å². The molecule has 0 unspecified atom stereocenters. The molecule has 0 atom stereocenters. The Labute approximate surface area is 104 Å². The summed E-state index contributed by atoms with van der Waals surface area (Å²) in [5, 5.41) is 4.03. The number of thiocarbonyl (C=S) groups is 1. The molecule has 0 aliphatic carbocycles. The van der Waals surface area contributed by atoms with E-state index in [4.69, 9.17) is 12.2 Å². The van der Waals surface area contributed by atoms with Crippen LogP contribution in [0.2, 0.25) is 0 Å². The van der Waals surface area contributed by atoms with E-state index in [0.717, 1.165) is 11.7 Å². The topological polar surface area (TPSA) is 15.3 Å². The lowest BCUT2D eigenvalue weighted by molar-refractivity contribution is 0.480. The van der Waals surface area contributed by atoms with E-state index in [1.165, 1.54) is 11.1 Å². The highest BCUT2D eigenvalue weighted by molar-refractivity contribution is 7.80. The van der Waals surface area contributed by atoms with Crippen molar-refractivity contribution in [3.8, 4) is 0 Å². The van der Waals surface area contributed by atoms with E-state index >= 15 is 0 Å². The first-order valence-corrected chi connectivity index (χ1v) is 5.97. The number of benzene rings is 1. The highest BCUT2D eigenvalue weighted by Gasteiger charge is 2.05. The van der Waals surface area contributed by atoms with E-state index in [-0.39, 0.29) is 0 Å².